The van der Waals surface area contributed by atoms with Crippen molar-refractivity contribution in [2.75, 3.05) is 0 Å². The van der Waals surface area contributed by atoms with Crippen LogP contribution in [-0.2, 0) is 19.9 Å². The van der Waals surface area contributed by atoms with Gasteiger partial charge in [0.25, 0.3) is 10.0 Å². The number of hydrogen-bond donors (Lipinski definition) is 0. The molecule has 1 heterocycles. The third kappa shape index (κ3) is 3.92. The van der Waals surface area contributed by atoms with E-state index in [1.54, 1.807) is 24.3 Å². The molecule has 0 atom stereocenters. The highest BCUT2D eigenvalue weighted by Crippen LogP contribution is 2.29. The number of sulfone groups is 1. The third-order valence-corrected chi connectivity index (χ3v) is 8.02. The molecule has 0 N–H and O–H groups in total. The zero-order valence-corrected chi connectivity index (χ0v) is 18.8. The van der Waals surface area contributed by atoms with Crippen molar-refractivity contribution in [2.24, 2.45) is 4.40 Å². The molecular formula is C23H18N2O5S2. The highest BCUT2D eigenvalue weighted by Gasteiger charge is 2.35. The summed E-state index contributed by atoms with van der Waals surface area (Å²) in [5.41, 5.74) is 1.49. The maximum Gasteiger partial charge on any atom is 0.282 e. The largest absolute Gasteiger partial charge is 0.288 e. The molecule has 1 aromatic heterocycles. The lowest BCUT2D eigenvalue weighted by molar-refractivity contribution is 0.104. The lowest BCUT2D eigenvalue weighted by Crippen LogP contribution is -2.24. The fourth-order valence-electron chi connectivity index (χ4n) is 3.19. The van der Waals surface area contributed by atoms with Crippen LogP contribution in [0.15, 0.2) is 92.0 Å². The van der Waals surface area contributed by atoms with Gasteiger partial charge in [0.1, 0.15) is 16.3 Å². The average molecular weight is 467 g/mol. The van der Waals surface area contributed by atoms with Gasteiger partial charge in [0.2, 0.25) is 15.6 Å². The first kappa shape index (κ1) is 21.8. The molecule has 0 spiro atoms. The molecule has 1 aliphatic carbocycles. The Bertz CT molecular complexity index is 1500. The molecule has 0 fully saturated rings. The third-order valence-electron chi connectivity index (χ3n) is 4.94. The fourth-order valence-corrected chi connectivity index (χ4v) is 5.54. The lowest BCUT2D eigenvalue weighted by atomic mass is 9.99. The number of nitrogens with zero attached hydrogens (tertiary/aromatic N) is 2. The molecule has 9 heteroatoms. The first-order valence-electron chi connectivity index (χ1n) is 9.55. The average Bonchev–Trinajstić information content (AvgIpc) is 2.76. The predicted octanol–water partition coefficient (Wildman–Crippen LogP) is 3.43. The van der Waals surface area contributed by atoms with Gasteiger partial charge in [-0.3, -0.25) is 9.78 Å². The number of allylic oxidation sites excluding steroid dienone is 2. The summed E-state index contributed by atoms with van der Waals surface area (Å²) in [5, 5.41) is 0. The number of sulfonamides is 1. The van der Waals surface area contributed by atoms with Crippen LogP contribution < -0.4 is 0 Å². The van der Waals surface area contributed by atoms with Gasteiger partial charge in [-0.05, 0) is 56.3 Å². The van der Waals surface area contributed by atoms with Crippen LogP contribution in [0.3, 0.4) is 0 Å². The second kappa shape index (κ2) is 7.92. The highest BCUT2D eigenvalue weighted by atomic mass is 32.2. The second-order valence-electron chi connectivity index (χ2n) is 7.32. The Kier molecular flexibility index (Phi) is 5.39. The van der Waals surface area contributed by atoms with Crippen molar-refractivity contribution in [3.05, 3.63) is 100 Å². The summed E-state index contributed by atoms with van der Waals surface area (Å²) in [6, 6.07) is 15.0. The van der Waals surface area contributed by atoms with Crippen LogP contribution in [0, 0.1) is 13.8 Å². The Morgan fingerprint density at radius 3 is 1.94 bits per heavy atom. The molecule has 0 amide bonds. The number of hydrogen-bond acceptors (Lipinski definition) is 6. The topological polar surface area (TPSA) is 111 Å². The number of rotatable bonds is 4. The van der Waals surface area contributed by atoms with Gasteiger partial charge in [0.15, 0.2) is 0 Å². The van der Waals surface area contributed by atoms with Gasteiger partial charge >= 0.3 is 0 Å². The summed E-state index contributed by atoms with van der Waals surface area (Å²) in [5.74, 6) is -0.764. The number of pyridine rings is 1. The monoisotopic (exact) mass is 466 g/mol. The summed E-state index contributed by atoms with van der Waals surface area (Å²) in [6.07, 6.45) is 2.37. The van der Waals surface area contributed by atoms with Crippen LogP contribution in [0.1, 0.15) is 27.2 Å². The second-order valence-corrected chi connectivity index (χ2v) is 10.8. The number of carbonyl (C=O) groups is 1. The van der Waals surface area contributed by atoms with Gasteiger partial charge in [-0.1, -0.05) is 35.4 Å². The molecule has 0 saturated carbocycles. The number of ketones is 1. The molecular weight excluding hydrogens is 448 g/mol. The molecule has 32 heavy (non-hydrogen) atoms. The van der Waals surface area contributed by atoms with Crippen LogP contribution in [0.5, 0.6) is 0 Å². The minimum Gasteiger partial charge on any atom is -0.288 e. The first-order chi connectivity index (χ1) is 15.1. The molecule has 4 rings (SSSR count). The number of aromatic nitrogens is 1. The Balaban J connectivity index is 1.92. The minimum absolute atomic E-state index is 0.0102. The Morgan fingerprint density at radius 2 is 1.34 bits per heavy atom. The van der Waals surface area contributed by atoms with Crippen LogP contribution >= 0.6 is 0 Å². The van der Waals surface area contributed by atoms with Crippen molar-refractivity contribution < 1.29 is 21.6 Å². The van der Waals surface area contributed by atoms with E-state index in [4.69, 9.17) is 0 Å². The van der Waals surface area contributed by atoms with Gasteiger partial charge in [0, 0.05) is 6.20 Å². The molecule has 0 saturated heterocycles. The molecule has 2 aromatic carbocycles. The predicted molar refractivity (Wildman–Crippen MR) is 120 cm³/mol. The maximum atomic E-state index is 13.2. The molecule has 3 aromatic rings. The molecule has 7 nitrogen and oxygen atoms in total. The summed E-state index contributed by atoms with van der Waals surface area (Å²) in [4.78, 5) is 16.4. The molecule has 0 radical (unpaired) electrons. The number of carbonyl (C=O) groups excluding carboxylic acids is 1. The van der Waals surface area contributed by atoms with Gasteiger partial charge in [-0.25, -0.2) is 8.42 Å². The minimum atomic E-state index is -4.22. The summed E-state index contributed by atoms with van der Waals surface area (Å²) in [7, 11) is -8.40. The number of fused-ring (bicyclic) bond motifs is 1. The van der Waals surface area contributed by atoms with Gasteiger partial charge in [-0.15, -0.1) is 0 Å². The van der Waals surface area contributed by atoms with Crippen LogP contribution in [0.2, 0.25) is 0 Å². The van der Waals surface area contributed by atoms with Crippen molar-refractivity contribution in [2.45, 2.75) is 23.6 Å². The van der Waals surface area contributed by atoms with E-state index in [0.29, 0.717) is 0 Å². The van der Waals surface area contributed by atoms with Gasteiger partial charge in [0.05, 0.1) is 15.4 Å². The van der Waals surface area contributed by atoms with Crippen molar-refractivity contribution in [3.8, 4) is 0 Å². The van der Waals surface area contributed by atoms with Gasteiger partial charge < -0.3 is 0 Å². The SMILES string of the molecule is Cc1ccc(S(=O)(=O)N=C2C=C(S(=O)(=O)c3ccc(C)cc3)C(=O)c3cccnc32)cc1. The zero-order chi connectivity index (χ0) is 23.1. The van der Waals surface area contributed by atoms with Crippen molar-refractivity contribution >= 4 is 31.4 Å². The highest BCUT2D eigenvalue weighted by molar-refractivity contribution is 7.96. The van der Waals surface area contributed by atoms with E-state index < -0.39 is 30.5 Å². The summed E-state index contributed by atoms with van der Waals surface area (Å²) in [6.45, 7) is 3.63. The standard InChI is InChI=1S/C23H18N2O5S2/c1-15-5-9-17(10-6-15)31(27,28)21-14-20(22-19(23(21)26)4-3-13-24-22)25-32(29,30)18-11-7-16(2)8-12-18/h3-14H,1-2H3. The number of Topliss-reactive ketones (excluding diaryl/α,β-unsaturated/α-hetero) is 1. The maximum absolute atomic E-state index is 13.2. The Morgan fingerprint density at radius 1 is 0.781 bits per heavy atom. The van der Waals surface area contributed by atoms with E-state index in [1.165, 1.54) is 42.6 Å². The van der Waals surface area contributed by atoms with E-state index in [0.717, 1.165) is 17.2 Å². The molecule has 0 aliphatic heterocycles. The van der Waals surface area contributed by atoms with E-state index in [9.17, 15) is 21.6 Å². The van der Waals surface area contributed by atoms with Gasteiger partial charge in [-0.2, -0.15) is 12.8 Å². The molecule has 0 bridgehead atoms. The smallest absolute Gasteiger partial charge is 0.282 e. The lowest BCUT2D eigenvalue weighted by Gasteiger charge is -2.17. The van der Waals surface area contributed by atoms with E-state index in [2.05, 4.69) is 9.38 Å². The number of benzene rings is 2. The zero-order valence-electron chi connectivity index (χ0n) is 17.2. The van der Waals surface area contributed by atoms with Crippen molar-refractivity contribution in [3.63, 3.8) is 0 Å². The summed E-state index contributed by atoms with van der Waals surface area (Å²) >= 11 is 0. The Labute approximate surface area is 186 Å². The van der Waals surface area contributed by atoms with E-state index in [1.807, 2.05) is 13.8 Å². The fraction of sp³-hybridized carbons (Fsp3) is 0.0870. The van der Waals surface area contributed by atoms with Crippen molar-refractivity contribution in [1.82, 2.24) is 4.98 Å². The molecule has 1 aliphatic rings. The van der Waals surface area contributed by atoms with Crippen LogP contribution in [0.25, 0.3) is 0 Å². The van der Waals surface area contributed by atoms with E-state index in [-0.39, 0.29) is 26.8 Å². The van der Waals surface area contributed by atoms with Crippen LogP contribution in [0.4, 0.5) is 0 Å². The summed E-state index contributed by atoms with van der Waals surface area (Å²) < 4.78 is 56.1. The normalized spacial score (nSPS) is 15.4. The van der Waals surface area contributed by atoms with Crippen LogP contribution in [-0.4, -0.2) is 33.3 Å². The number of aryl methyl sites for hydroxylation is 2. The quantitative estimate of drug-likeness (QED) is 0.583. The molecule has 0 unspecified atom stereocenters. The molecule has 162 valence electrons. The van der Waals surface area contributed by atoms with E-state index >= 15 is 0 Å². The Hall–Kier alpha value is -3.43. The first-order valence-corrected chi connectivity index (χ1v) is 12.5. The van der Waals surface area contributed by atoms with Crippen molar-refractivity contribution in [1.29, 1.82) is 0 Å².